The lowest BCUT2D eigenvalue weighted by Crippen LogP contribution is -1.92. The quantitative estimate of drug-likeness (QED) is 0.723. The van der Waals surface area contributed by atoms with Crippen LogP contribution in [-0.2, 0) is 6.42 Å². The van der Waals surface area contributed by atoms with Gasteiger partial charge in [-0.1, -0.05) is 12.1 Å². The number of phenolic OH excluding ortho intramolecular Hbond substituents is 1. The first-order valence-electron chi connectivity index (χ1n) is 5.83. The van der Waals surface area contributed by atoms with Crippen molar-refractivity contribution in [3.8, 4) is 5.75 Å². The van der Waals surface area contributed by atoms with Crippen molar-refractivity contribution in [1.82, 2.24) is 14.6 Å². The first kappa shape index (κ1) is 11.4. The topological polar surface area (TPSA) is 67.5 Å². The van der Waals surface area contributed by atoms with Gasteiger partial charge in [0.25, 0.3) is 0 Å². The van der Waals surface area contributed by atoms with Gasteiger partial charge < -0.3 is 5.11 Å². The van der Waals surface area contributed by atoms with E-state index in [1.807, 2.05) is 6.07 Å². The molecule has 0 atom stereocenters. The third kappa shape index (κ3) is 2.30. The molecule has 94 valence electrons. The molecule has 0 fully saturated rings. The van der Waals surface area contributed by atoms with Crippen LogP contribution in [0.3, 0.4) is 0 Å². The molecule has 3 rings (SSSR count). The Morgan fingerprint density at radius 1 is 1.26 bits per heavy atom. The Balaban J connectivity index is 1.95. The number of aromatic nitrogens is 3. The molecule has 1 aromatic carbocycles. The summed E-state index contributed by atoms with van der Waals surface area (Å²) in [4.78, 5) is 15.1. The number of hydrogen-bond acceptors (Lipinski definition) is 4. The van der Waals surface area contributed by atoms with E-state index < -0.39 is 0 Å². The second-order valence-corrected chi connectivity index (χ2v) is 4.26. The first-order valence-corrected chi connectivity index (χ1v) is 5.83. The van der Waals surface area contributed by atoms with Gasteiger partial charge >= 0.3 is 0 Å². The molecule has 0 aliphatic heterocycles. The van der Waals surface area contributed by atoms with Crippen LogP contribution in [0.15, 0.2) is 42.6 Å². The molecule has 19 heavy (non-hydrogen) atoms. The minimum atomic E-state index is 0.226. The highest BCUT2D eigenvalue weighted by Gasteiger charge is 2.05. The SMILES string of the molecule is O=Cc1ccn2nc(Cc3cccc(O)c3)nc2c1. The summed E-state index contributed by atoms with van der Waals surface area (Å²) < 4.78 is 1.63. The second-order valence-electron chi connectivity index (χ2n) is 4.26. The van der Waals surface area contributed by atoms with Gasteiger partial charge in [0.05, 0.1) is 0 Å². The Labute approximate surface area is 109 Å². The highest BCUT2D eigenvalue weighted by atomic mass is 16.3. The number of rotatable bonds is 3. The van der Waals surface area contributed by atoms with Gasteiger partial charge in [-0.25, -0.2) is 9.50 Å². The van der Waals surface area contributed by atoms with Crippen LogP contribution < -0.4 is 0 Å². The van der Waals surface area contributed by atoms with Crippen LogP contribution in [0.4, 0.5) is 0 Å². The summed E-state index contributed by atoms with van der Waals surface area (Å²) in [6, 6.07) is 10.4. The zero-order valence-electron chi connectivity index (χ0n) is 10.0. The lowest BCUT2D eigenvalue weighted by atomic mass is 10.1. The highest BCUT2D eigenvalue weighted by molar-refractivity contribution is 5.76. The fraction of sp³-hybridized carbons (Fsp3) is 0.0714. The van der Waals surface area contributed by atoms with Crippen molar-refractivity contribution in [2.75, 3.05) is 0 Å². The lowest BCUT2D eigenvalue weighted by Gasteiger charge is -1.97. The molecule has 1 N–H and O–H groups in total. The van der Waals surface area contributed by atoms with Crippen molar-refractivity contribution >= 4 is 11.9 Å². The largest absolute Gasteiger partial charge is 0.508 e. The number of pyridine rings is 1. The maximum Gasteiger partial charge on any atom is 0.156 e. The van der Waals surface area contributed by atoms with Gasteiger partial charge in [0.2, 0.25) is 0 Å². The summed E-state index contributed by atoms with van der Waals surface area (Å²) in [7, 11) is 0. The van der Waals surface area contributed by atoms with E-state index in [1.165, 1.54) is 0 Å². The molecule has 2 heterocycles. The summed E-state index contributed by atoms with van der Waals surface area (Å²) in [5, 5.41) is 13.7. The maximum absolute atomic E-state index is 10.7. The number of carbonyl (C=O) groups excluding carboxylic acids is 1. The third-order valence-electron chi connectivity index (χ3n) is 2.81. The standard InChI is InChI=1S/C14H11N3O2/c18-9-11-4-5-17-14(8-11)15-13(16-17)7-10-2-1-3-12(19)6-10/h1-6,8-9,19H,7H2. The summed E-state index contributed by atoms with van der Waals surface area (Å²) in [6.45, 7) is 0. The normalized spacial score (nSPS) is 10.7. The lowest BCUT2D eigenvalue weighted by molar-refractivity contribution is 0.112. The molecule has 0 aliphatic carbocycles. The van der Waals surface area contributed by atoms with Crippen LogP contribution in [0.1, 0.15) is 21.7 Å². The zero-order chi connectivity index (χ0) is 13.2. The molecular formula is C14H11N3O2. The van der Waals surface area contributed by atoms with E-state index in [-0.39, 0.29) is 5.75 Å². The highest BCUT2D eigenvalue weighted by Crippen LogP contribution is 2.14. The number of carbonyl (C=O) groups is 1. The fourth-order valence-corrected chi connectivity index (χ4v) is 1.94. The fourth-order valence-electron chi connectivity index (χ4n) is 1.94. The molecule has 0 bridgehead atoms. The van der Waals surface area contributed by atoms with Crippen molar-refractivity contribution in [1.29, 1.82) is 0 Å². The number of benzene rings is 1. The average Bonchev–Trinajstić information content (AvgIpc) is 2.79. The zero-order valence-corrected chi connectivity index (χ0v) is 10.0. The van der Waals surface area contributed by atoms with Gasteiger partial charge in [-0.15, -0.1) is 0 Å². The number of aromatic hydroxyl groups is 1. The molecule has 0 unspecified atom stereocenters. The third-order valence-corrected chi connectivity index (χ3v) is 2.81. The molecule has 0 saturated heterocycles. The predicted octanol–water partition coefficient (Wildman–Crippen LogP) is 1.84. The van der Waals surface area contributed by atoms with E-state index >= 15 is 0 Å². The molecule has 2 aromatic heterocycles. The Hall–Kier alpha value is -2.69. The van der Waals surface area contributed by atoms with Gasteiger partial charge in [-0.05, 0) is 29.8 Å². The summed E-state index contributed by atoms with van der Waals surface area (Å²) in [5.41, 5.74) is 2.15. The molecule has 5 nitrogen and oxygen atoms in total. The van der Waals surface area contributed by atoms with Crippen LogP contribution in [-0.4, -0.2) is 26.0 Å². The summed E-state index contributed by atoms with van der Waals surface area (Å²) in [5.74, 6) is 0.873. The van der Waals surface area contributed by atoms with Gasteiger partial charge in [-0.2, -0.15) is 5.10 Å². The minimum Gasteiger partial charge on any atom is -0.508 e. The van der Waals surface area contributed by atoms with Crippen molar-refractivity contribution < 1.29 is 9.90 Å². The van der Waals surface area contributed by atoms with Crippen molar-refractivity contribution in [3.63, 3.8) is 0 Å². The van der Waals surface area contributed by atoms with Crippen LogP contribution in [0, 0.1) is 0 Å². The number of aldehydes is 1. The molecule has 0 aliphatic rings. The van der Waals surface area contributed by atoms with Gasteiger partial charge in [0.15, 0.2) is 11.5 Å². The molecule has 3 aromatic rings. The van der Waals surface area contributed by atoms with Crippen LogP contribution >= 0.6 is 0 Å². The Kier molecular flexibility index (Phi) is 2.72. The van der Waals surface area contributed by atoms with Gasteiger partial charge in [0.1, 0.15) is 12.0 Å². The minimum absolute atomic E-state index is 0.226. The van der Waals surface area contributed by atoms with Gasteiger partial charge in [0, 0.05) is 18.2 Å². The Bertz CT molecular complexity index is 749. The first-order chi connectivity index (χ1) is 9.24. The maximum atomic E-state index is 10.7. The van der Waals surface area contributed by atoms with E-state index in [2.05, 4.69) is 10.1 Å². The monoisotopic (exact) mass is 253 g/mol. The Morgan fingerprint density at radius 2 is 2.16 bits per heavy atom. The van der Waals surface area contributed by atoms with Crippen LogP contribution in [0.2, 0.25) is 0 Å². The van der Waals surface area contributed by atoms with E-state index in [1.54, 1.807) is 41.0 Å². The smallest absolute Gasteiger partial charge is 0.156 e. The van der Waals surface area contributed by atoms with E-state index in [9.17, 15) is 9.90 Å². The molecule has 0 radical (unpaired) electrons. The second kappa shape index (κ2) is 4.53. The number of phenols is 1. The molecule has 5 heteroatoms. The van der Waals surface area contributed by atoms with Crippen molar-refractivity contribution in [2.45, 2.75) is 6.42 Å². The predicted molar refractivity (Wildman–Crippen MR) is 69.3 cm³/mol. The van der Waals surface area contributed by atoms with E-state index in [0.717, 1.165) is 11.8 Å². The molecular weight excluding hydrogens is 242 g/mol. The molecule has 0 saturated carbocycles. The van der Waals surface area contributed by atoms with Gasteiger partial charge in [-0.3, -0.25) is 4.79 Å². The Morgan fingerprint density at radius 3 is 2.95 bits per heavy atom. The molecule has 0 spiro atoms. The van der Waals surface area contributed by atoms with Crippen LogP contribution in [0.5, 0.6) is 5.75 Å². The number of fused-ring (bicyclic) bond motifs is 1. The molecule has 0 amide bonds. The number of nitrogens with zero attached hydrogens (tertiary/aromatic N) is 3. The average molecular weight is 253 g/mol. The van der Waals surface area contributed by atoms with E-state index in [4.69, 9.17) is 0 Å². The van der Waals surface area contributed by atoms with Crippen molar-refractivity contribution in [2.24, 2.45) is 0 Å². The van der Waals surface area contributed by atoms with E-state index in [0.29, 0.717) is 23.5 Å². The van der Waals surface area contributed by atoms with Crippen LogP contribution in [0.25, 0.3) is 5.65 Å². The summed E-state index contributed by atoms with van der Waals surface area (Å²) >= 11 is 0. The van der Waals surface area contributed by atoms with Crippen molar-refractivity contribution in [3.05, 3.63) is 59.5 Å². The summed E-state index contributed by atoms with van der Waals surface area (Å²) in [6.07, 6.45) is 3.02. The number of hydrogen-bond donors (Lipinski definition) is 1.